The Hall–Kier alpha value is -0.610. The molecule has 1 fully saturated rings. The van der Waals surface area contributed by atoms with Crippen molar-refractivity contribution in [3.63, 3.8) is 0 Å². The van der Waals surface area contributed by atoms with Gasteiger partial charge in [-0.15, -0.1) is 0 Å². The predicted molar refractivity (Wildman–Crippen MR) is 64.1 cm³/mol. The van der Waals surface area contributed by atoms with Crippen LogP contribution in [0.1, 0.15) is 39.0 Å². The van der Waals surface area contributed by atoms with Crippen molar-refractivity contribution in [3.05, 3.63) is 0 Å². The zero-order valence-corrected chi connectivity index (χ0v) is 10.3. The topological polar surface area (TPSA) is 55.6 Å². The van der Waals surface area contributed by atoms with Crippen LogP contribution >= 0.6 is 0 Å². The minimum atomic E-state index is 0.200. The van der Waals surface area contributed by atoms with E-state index in [1.54, 1.807) is 0 Å². The van der Waals surface area contributed by atoms with Crippen LogP contribution in [0.5, 0.6) is 0 Å². The third kappa shape index (κ3) is 4.10. The van der Waals surface area contributed by atoms with E-state index < -0.39 is 0 Å². The molecule has 0 aromatic carbocycles. The summed E-state index contributed by atoms with van der Waals surface area (Å²) in [5.74, 6) is 0.200. The van der Waals surface area contributed by atoms with Gasteiger partial charge in [0.15, 0.2) is 0 Å². The molecule has 0 heterocycles. The highest BCUT2D eigenvalue weighted by Crippen LogP contribution is 2.23. The van der Waals surface area contributed by atoms with Crippen molar-refractivity contribution in [1.29, 1.82) is 0 Å². The number of nitrogens with zero attached hydrogens (tertiary/aromatic N) is 1. The third-order valence-electron chi connectivity index (χ3n) is 3.12. The average Bonchev–Trinajstić information content (AvgIpc) is 2.79. The second-order valence-electron chi connectivity index (χ2n) is 4.26. The summed E-state index contributed by atoms with van der Waals surface area (Å²) in [5.41, 5.74) is 5.56. The van der Waals surface area contributed by atoms with Crippen LogP contribution in [0.15, 0.2) is 0 Å². The van der Waals surface area contributed by atoms with Crippen LogP contribution in [-0.2, 0) is 9.53 Å². The number of ether oxygens (including phenoxy) is 1. The molecule has 4 nitrogen and oxygen atoms in total. The first-order valence-electron chi connectivity index (χ1n) is 6.36. The highest BCUT2D eigenvalue weighted by Gasteiger charge is 2.25. The number of rotatable bonds is 7. The monoisotopic (exact) mass is 228 g/mol. The standard InChI is InChI=1S/C12H24N2O2/c1-2-16-10-7-12(15)14(9-8-13)11-5-3-4-6-11/h11H,2-10,13H2,1H3. The molecule has 0 unspecified atom stereocenters. The van der Waals surface area contributed by atoms with Gasteiger partial charge in [-0.1, -0.05) is 12.8 Å². The highest BCUT2D eigenvalue weighted by atomic mass is 16.5. The molecule has 0 radical (unpaired) electrons. The zero-order chi connectivity index (χ0) is 11.8. The summed E-state index contributed by atoms with van der Waals surface area (Å²) < 4.78 is 5.22. The Labute approximate surface area is 98.1 Å². The zero-order valence-electron chi connectivity index (χ0n) is 10.3. The van der Waals surface area contributed by atoms with E-state index in [4.69, 9.17) is 10.5 Å². The Morgan fingerprint density at radius 1 is 1.44 bits per heavy atom. The summed E-state index contributed by atoms with van der Waals surface area (Å²) in [6, 6.07) is 0.428. The lowest BCUT2D eigenvalue weighted by molar-refractivity contribution is -0.134. The lowest BCUT2D eigenvalue weighted by atomic mass is 10.2. The van der Waals surface area contributed by atoms with E-state index in [2.05, 4.69) is 0 Å². The number of carbonyl (C=O) groups excluding carboxylic acids is 1. The number of amides is 1. The van der Waals surface area contributed by atoms with E-state index in [1.165, 1.54) is 12.8 Å². The van der Waals surface area contributed by atoms with Crippen molar-refractivity contribution in [2.45, 2.75) is 45.1 Å². The first-order chi connectivity index (χ1) is 7.79. The van der Waals surface area contributed by atoms with E-state index in [0.717, 1.165) is 12.8 Å². The molecular weight excluding hydrogens is 204 g/mol. The molecule has 4 heteroatoms. The smallest absolute Gasteiger partial charge is 0.225 e. The van der Waals surface area contributed by atoms with Gasteiger partial charge in [0.1, 0.15) is 0 Å². The van der Waals surface area contributed by atoms with E-state index in [0.29, 0.717) is 38.8 Å². The Bertz CT molecular complexity index is 203. The fourth-order valence-electron chi connectivity index (χ4n) is 2.31. The Morgan fingerprint density at radius 3 is 2.69 bits per heavy atom. The molecule has 1 aliphatic carbocycles. The van der Waals surface area contributed by atoms with Crippen molar-refractivity contribution < 1.29 is 9.53 Å². The maximum Gasteiger partial charge on any atom is 0.225 e. The van der Waals surface area contributed by atoms with Gasteiger partial charge in [-0.25, -0.2) is 0 Å². The Kier molecular flexibility index (Phi) is 6.42. The van der Waals surface area contributed by atoms with Crippen LogP contribution in [0.25, 0.3) is 0 Å². The lowest BCUT2D eigenvalue weighted by Crippen LogP contribution is -2.42. The van der Waals surface area contributed by atoms with Gasteiger partial charge in [0, 0.05) is 25.7 Å². The van der Waals surface area contributed by atoms with Gasteiger partial charge in [-0.05, 0) is 19.8 Å². The van der Waals surface area contributed by atoms with Crippen LogP contribution < -0.4 is 5.73 Å². The molecule has 0 bridgehead atoms. The van der Waals surface area contributed by atoms with Gasteiger partial charge >= 0.3 is 0 Å². The van der Waals surface area contributed by atoms with Gasteiger partial charge in [0.25, 0.3) is 0 Å². The number of hydrogen-bond acceptors (Lipinski definition) is 3. The summed E-state index contributed by atoms with van der Waals surface area (Å²) in [5, 5.41) is 0. The van der Waals surface area contributed by atoms with E-state index in [1.807, 2.05) is 11.8 Å². The lowest BCUT2D eigenvalue weighted by Gasteiger charge is -2.28. The van der Waals surface area contributed by atoms with Crippen LogP contribution in [0.4, 0.5) is 0 Å². The summed E-state index contributed by atoms with van der Waals surface area (Å²) in [4.78, 5) is 13.9. The molecule has 0 aromatic rings. The quantitative estimate of drug-likeness (QED) is 0.665. The molecular formula is C12H24N2O2. The maximum absolute atomic E-state index is 12.0. The molecule has 1 aliphatic rings. The fraction of sp³-hybridized carbons (Fsp3) is 0.917. The molecule has 1 amide bonds. The van der Waals surface area contributed by atoms with Crippen molar-refractivity contribution in [2.24, 2.45) is 5.73 Å². The normalized spacial score (nSPS) is 16.6. The second-order valence-corrected chi connectivity index (χ2v) is 4.26. The second kappa shape index (κ2) is 7.63. The molecule has 94 valence electrons. The highest BCUT2D eigenvalue weighted by molar-refractivity contribution is 5.76. The molecule has 0 aliphatic heterocycles. The average molecular weight is 228 g/mol. The molecule has 2 N–H and O–H groups in total. The van der Waals surface area contributed by atoms with E-state index in [-0.39, 0.29) is 5.91 Å². The van der Waals surface area contributed by atoms with Crippen molar-refractivity contribution in [2.75, 3.05) is 26.3 Å². The van der Waals surface area contributed by atoms with Crippen molar-refractivity contribution in [3.8, 4) is 0 Å². The first kappa shape index (κ1) is 13.5. The SMILES string of the molecule is CCOCCC(=O)N(CCN)C1CCCC1. The summed E-state index contributed by atoms with van der Waals surface area (Å²) in [6.07, 6.45) is 5.25. The van der Waals surface area contributed by atoms with Crippen molar-refractivity contribution >= 4 is 5.91 Å². The third-order valence-corrected chi connectivity index (χ3v) is 3.12. The minimum absolute atomic E-state index is 0.200. The predicted octanol–water partition coefficient (Wildman–Crippen LogP) is 1.14. The van der Waals surface area contributed by atoms with Gasteiger partial charge < -0.3 is 15.4 Å². The van der Waals surface area contributed by atoms with Gasteiger partial charge in [0.2, 0.25) is 5.91 Å². The molecule has 0 saturated heterocycles. The van der Waals surface area contributed by atoms with E-state index in [9.17, 15) is 4.79 Å². The van der Waals surface area contributed by atoms with Crippen LogP contribution in [-0.4, -0.2) is 43.2 Å². The number of hydrogen-bond donors (Lipinski definition) is 1. The van der Waals surface area contributed by atoms with Crippen LogP contribution in [0, 0.1) is 0 Å². The Balaban J connectivity index is 2.38. The summed E-state index contributed by atoms with van der Waals surface area (Å²) in [6.45, 7) is 4.39. The molecule has 0 aromatic heterocycles. The van der Waals surface area contributed by atoms with Crippen LogP contribution in [0.3, 0.4) is 0 Å². The molecule has 0 atom stereocenters. The summed E-state index contributed by atoms with van der Waals surface area (Å²) >= 11 is 0. The van der Waals surface area contributed by atoms with Crippen LogP contribution in [0.2, 0.25) is 0 Å². The van der Waals surface area contributed by atoms with Crippen molar-refractivity contribution in [1.82, 2.24) is 4.90 Å². The minimum Gasteiger partial charge on any atom is -0.381 e. The fourth-order valence-corrected chi connectivity index (χ4v) is 2.31. The first-order valence-corrected chi connectivity index (χ1v) is 6.36. The molecule has 16 heavy (non-hydrogen) atoms. The molecule has 1 saturated carbocycles. The maximum atomic E-state index is 12.0. The largest absolute Gasteiger partial charge is 0.381 e. The van der Waals surface area contributed by atoms with Gasteiger partial charge in [-0.3, -0.25) is 4.79 Å². The summed E-state index contributed by atoms with van der Waals surface area (Å²) in [7, 11) is 0. The van der Waals surface area contributed by atoms with Gasteiger partial charge in [0.05, 0.1) is 13.0 Å². The molecule has 1 rings (SSSR count). The molecule has 0 spiro atoms. The van der Waals surface area contributed by atoms with Gasteiger partial charge in [-0.2, -0.15) is 0 Å². The Morgan fingerprint density at radius 2 is 2.12 bits per heavy atom. The number of carbonyl (C=O) groups is 1. The number of nitrogens with two attached hydrogens (primary N) is 1. The van der Waals surface area contributed by atoms with E-state index >= 15 is 0 Å².